The molecule has 0 saturated carbocycles. The van der Waals surface area contributed by atoms with Crippen molar-refractivity contribution in [3.8, 4) is 0 Å². The fourth-order valence-corrected chi connectivity index (χ4v) is 1.52. The lowest BCUT2D eigenvalue weighted by molar-refractivity contribution is -0.141. The van der Waals surface area contributed by atoms with Crippen molar-refractivity contribution in [1.29, 1.82) is 0 Å². The number of hydrogen-bond donors (Lipinski definition) is 2. The fraction of sp³-hybridized carbons (Fsp3) is 0.357. The van der Waals surface area contributed by atoms with E-state index < -0.39 is 17.9 Å². The fourth-order valence-electron chi connectivity index (χ4n) is 1.52. The van der Waals surface area contributed by atoms with Crippen molar-refractivity contribution in [2.45, 2.75) is 26.3 Å². The molecule has 1 aromatic carbocycles. The number of hydrogen-bond acceptors (Lipinski definition) is 3. The average Bonchev–Trinajstić information content (AvgIpc) is 2.44. The molecule has 1 unspecified atom stereocenters. The molecule has 108 valence electrons. The van der Waals surface area contributed by atoms with Gasteiger partial charge in [-0.15, -0.1) is 0 Å². The monoisotopic (exact) mass is 278 g/mol. The van der Waals surface area contributed by atoms with Crippen LogP contribution in [0.1, 0.15) is 30.6 Å². The van der Waals surface area contributed by atoms with Crippen molar-refractivity contribution in [3.05, 3.63) is 29.8 Å². The Morgan fingerprint density at radius 3 is 2.55 bits per heavy atom. The molecule has 0 aromatic heterocycles. The maximum atomic E-state index is 12.1. The van der Waals surface area contributed by atoms with Crippen molar-refractivity contribution in [3.63, 3.8) is 0 Å². The number of carbonyl (C=O) groups is 3. The molecule has 6 nitrogen and oxygen atoms in total. The maximum Gasteiger partial charge on any atom is 0.326 e. The Labute approximate surface area is 117 Å². The maximum absolute atomic E-state index is 12.1. The summed E-state index contributed by atoms with van der Waals surface area (Å²) in [5.74, 6) is -1.63. The van der Waals surface area contributed by atoms with Gasteiger partial charge in [0.15, 0.2) is 0 Å². The molecule has 0 aliphatic rings. The molecule has 0 aliphatic carbocycles. The summed E-state index contributed by atoms with van der Waals surface area (Å²) in [5.41, 5.74) is 0.841. The Bertz CT molecular complexity index is 528. The van der Waals surface area contributed by atoms with Crippen molar-refractivity contribution in [2.75, 3.05) is 12.4 Å². The molecule has 6 heteroatoms. The quantitative estimate of drug-likeness (QED) is 0.856. The van der Waals surface area contributed by atoms with E-state index in [0.717, 1.165) is 4.90 Å². The largest absolute Gasteiger partial charge is 0.480 e. The highest BCUT2D eigenvalue weighted by Gasteiger charge is 2.22. The number of carbonyl (C=O) groups excluding carboxylic acids is 2. The molecular weight excluding hydrogens is 260 g/mol. The van der Waals surface area contributed by atoms with Crippen molar-refractivity contribution < 1.29 is 19.5 Å². The highest BCUT2D eigenvalue weighted by molar-refractivity contribution is 5.98. The van der Waals surface area contributed by atoms with Crippen LogP contribution in [0.4, 0.5) is 5.69 Å². The molecule has 1 atom stereocenters. The molecule has 0 fully saturated rings. The van der Waals surface area contributed by atoms with Crippen molar-refractivity contribution in [1.82, 2.24) is 4.90 Å². The summed E-state index contributed by atoms with van der Waals surface area (Å²) < 4.78 is 0. The number of nitrogens with zero attached hydrogens (tertiary/aromatic N) is 1. The number of aliphatic carboxylic acids is 1. The Balaban J connectivity index is 2.91. The van der Waals surface area contributed by atoms with Gasteiger partial charge in [-0.1, -0.05) is 13.0 Å². The predicted octanol–water partition coefficient (Wildman–Crippen LogP) is 1.58. The Hall–Kier alpha value is -2.37. The minimum Gasteiger partial charge on any atom is -0.480 e. The molecule has 0 saturated heterocycles. The van der Waals surface area contributed by atoms with Gasteiger partial charge in [0.2, 0.25) is 5.91 Å². The standard InChI is InChI=1S/C14H18N2O4/c1-4-12(17)15-11-7-5-6-10(8-11)13(18)16(3)9(2)14(19)20/h5-9H,4H2,1-3H3,(H,15,17)(H,19,20). The lowest BCUT2D eigenvalue weighted by atomic mass is 10.1. The lowest BCUT2D eigenvalue weighted by Crippen LogP contribution is -2.40. The summed E-state index contributed by atoms with van der Waals surface area (Å²) in [6, 6.07) is 5.50. The molecule has 2 N–H and O–H groups in total. The third-order valence-electron chi connectivity index (χ3n) is 2.97. The second-order valence-electron chi connectivity index (χ2n) is 4.41. The van der Waals surface area contributed by atoms with Crippen molar-refractivity contribution >= 4 is 23.5 Å². The molecule has 0 bridgehead atoms. The molecule has 1 rings (SSSR count). The van der Waals surface area contributed by atoms with E-state index in [0.29, 0.717) is 17.7 Å². The van der Waals surface area contributed by atoms with Crippen LogP contribution in [0, 0.1) is 0 Å². The smallest absolute Gasteiger partial charge is 0.326 e. The Morgan fingerprint density at radius 2 is 2.00 bits per heavy atom. The van der Waals surface area contributed by atoms with E-state index in [9.17, 15) is 14.4 Å². The highest BCUT2D eigenvalue weighted by Crippen LogP contribution is 2.14. The van der Waals surface area contributed by atoms with E-state index in [2.05, 4.69) is 5.32 Å². The second kappa shape index (κ2) is 6.70. The van der Waals surface area contributed by atoms with E-state index in [4.69, 9.17) is 5.11 Å². The summed E-state index contributed by atoms with van der Waals surface area (Å²) in [6.07, 6.45) is 0.341. The topological polar surface area (TPSA) is 86.7 Å². The Morgan fingerprint density at radius 1 is 1.35 bits per heavy atom. The first-order chi connectivity index (χ1) is 9.36. The molecule has 0 heterocycles. The number of likely N-dealkylation sites (N-methyl/N-ethyl adjacent to an activating group) is 1. The van der Waals surface area contributed by atoms with Crippen LogP contribution in [0.25, 0.3) is 0 Å². The summed E-state index contributed by atoms with van der Waals surface area (Å²) >= 11 is 0. The minimum absolute atomic E-state index is 0.151. The van der Waals surface area contributed by atoms with E-state index in [1.807, 2.05) is 0 Å². The minimum atomic E-state index is -1.07. The van der Waals surface area contributed by atoms with E-state index in [1.165, 1.54) is 20.0 Å². The lowest BCUT2D eigenvalue weighted by Gasteiger charge is -2.21. The third kappa shape index (κ3) is 3.81. The summed E-state index contributed by atoms with van der Waals surface area (Å²) in [7, 11) is 1.43. The van der Waals surface area contributed by atoms with Gasteiger partial charge in [0.25, 0.3) is 5.91 Å². The zero-order chi connectivity index (χ0) is 15.3. The highest BCUT2D eigenvalue weighted by atomic mass is 16.4. The molecule has 0 spiro atoms. The summed E-state index contributed by atoms with van der Waals surface area (Å²) in [6.45, 7) is 3.16. The van der Waals surface area contributed by atoms with Crippen LogP contribution >= 0.6 is 0 Å². The number of anilines is 1. The van der Waals surface area contributed by atoms with Crippen LogP contribution in [0.3, 0.4) is 0 Å². The molecule has 2 amide bonds. The second-order valence-corrected chi connectivity index (χ2v) is 4.41. The number of amides is 2. The van der Waals surface area contributed by atoms with Gasteiger partial charge >= 0.3 is 5.97 Å². The van der Waals surface area contributed by atoms with Gasteiger partial charge in [0, 0.05) is 24.7 Å². The molecule has 20 heavy (non-hydrogen) atoms. The van der Waals surface area contributed by atoms with Gasteiger partial charge in [-0.25, -0.2) is 4.79 Å². The molecular formula is C14H18N2O4. The number of nitrogens with one attached hydrogen (secondary N) is 1. The van der Waals surface area contributed by atoms with E-state index in [1.54, 1.807) is 25.1 Å². The molecule has 0 aliphatic heterocycles. The predicted molar refractivity (Wildman–Crippen MR) is 74.6 cm³/mol. The number of benzene rings is 1. The Kier molecular flexibility index (Phi) is 5.25. The number of rotatable bonds is 5. The van der Waals surface area contributed by atoms with Crippen LogP contribution in [0.5, 0.6) is 0 Å². The summed E-state index contributed by atoms with van der Waals surface area (Å²) in [4.78, 5) is 35.5. The summed E-state index contributed by atoms with van der Waals surface area (Å²) in [5, 5.41) is 11.6. The van der Waals surface area contributed by atoms with Gasteiger partial charge in [0.1, 0.15) is 6.04 Å². The zero-order valence-electron chi connectivity index (χ0n) is 11.7. The van der Waals surface area contributed by atoms with Gasteiger partial charge in [-0.2, -0.15) is 0 Å². The van der Waals surface area contributed by atoms with Crippen LogP contribution in [0.2, 0.25) is 0 Å². The third-order valence-corrected chi connectivity index (χ3v) is 2.97. The van der Waals surface area contributed by atoms with Gasteiger partial charge in [0.05, 0.1) is 0 Å². The van der Waals surface area contributed by atoms with Crippen molar-refractivity contribution in [2.24, 2.45) is 0 Å². The molecule has 1 aromatic rings. The van der Waals surface area contributed by atoms with Gasteiger partial charge in [-0.3, -0.25) is 9.59 Å². The first-order valence-electron chi connectivity index (χ1n) is 6.26. The van der Waals surface area contributed by atoms with Crippen LogP contribution in [-0.4, -0.2) is 40.9 Å². The van der Waals surface area contributed by atoms with Gasteiger partial charge < -0.3 is 15.3 Å². The number of carboxylic acids is 1. The zero-order valence-corrected chi connectivity index (χ0v) is 11.7. The van der Waals surface area contributed by atoms with Crippen LogP contribution in [-0.2, 0) is 9.59 Å². The van der Waals surface area contributed by atoms with Crippen LogP contribution in [0.15, 0.2) is 24.3 Å². The number of carboxylic acid groups (broad SMARTS) is 1. The first kappa shape index (κ1) is 15.7. The van der Waals surface area contributed by atoms with E-state index >= 15 is 0 Å². The van der Waals surface area contributed by atoms with E-state index in [-0.39, 0.29) is 5.91 Å². The average molecular weight is 278 g/mol. The normalized spacial score (nSPS) is 11.6. The SMILES string of the molecule is CCC(=O)Nc1cccc(C(=O)N(C)C(C)C(=O)O)c1. The van der Waals surface area contributed by atoms with Gasteiger partial charge in [-0.05, 0) is 25.1 Å². The van der Waals surface area contributed by atoms with Crippen LogP contribution < -0.4 is 5.32 Å². The first-order valence-corrected chi connectivity index (χ1v) is 6.26. The molecule has 0 radical (unpaired) electrons.